The van der Waals surface area contributed by atoms with Crippen LogP contribution in [0.15, 0.2) is 58.4 Å². The van der Waals surface area contributed by atoms with Crippen LogP contribution in [-0.2, 0) is 23.6 Å². The average molecular weight is 750 g/mol. The topological polar surface area (TPSA) is 144 Å². The van der Waals surface area contributed by atoms with E-state index in [0.29, 0.717) is 5.75 Å². The SMILES string of the molecule is CCCCCCCCCCCCCCCCOC(=O)c1ccc(Cl)c(NC(=O)C(C(=O)c2ccc(OC)cc2)n2cnc3c2c(=O)n(C)c(=O)n3C)c1. The molecule has 4 aromatic rings. The minimum absolute atomic E-state index is 0.00000815. The molecule has 0 saturated heterocycles. The first-order valence-corrected chi connectivity index (χ1v) is 19.0. The molecule has 0 fully saturated rings. The number of nitrogens with one attached hydrogen (secondary N) is 1. The molecule has 0 saturated carbocycles. The number of carbonyl (C=O) groups excluding carboxylic acids is 3. The number of esters is 1. The molecule has 53 heavy (non-hydrogen) atoms. The third kappa shape index (κ3) is 10.9. The number of Topliss-reactive ketones (excluding diaryl/α,β-unsaturated/α-hetero) is 1. The van der Waals surface area contributed by atoms with Crippen molar-refractivity contribution < 1.29 is 23.9 Å². The second kappa shape index (κ2) is 20.5. The monoisotopic (exact) mass is 749 g/mol. The van der Waals surface area contributed by atoms with Gasteiger partial charge < -0.3 is 19.4 Å². The Balaban J connectivity index is 1.38. The smallest absolute Gasteiger partial charge is 0.338 e. The van der Waals surface area contributed by atoms with Gasteiger partial charge in [0, 0.05) is 19.7 Å². The van der Waals surface area contributed by atoms with Gasteiger partial charge in [0.25, 0.3) is 11.5 Å². The Morgan fingerprint density at radius 1 is 0.792 bits per heavy atom. The summed E-state index contributed by atoms with van der Waals surface area (Å²) in [6, 6.07) is 8.83. The molecule has 12 nitrogen and oxygen atoms in total. The molecule has 0 aliphatic heterocycles. The lowest BCUT2D eigenvalue weighted by molar-refractivity contribution is -0.118. The third-order valence-corrected chi connectivity index (χ3v) is 9.84. The lowest BCUT2D eigenvalue weighted by atomic mass is 10.0. The molecule has 4 rings (SSSR count). The molecule has 1 N–H and O–H groups in total. The van der Waals surface area contributed by atoms with Gasteiger partial charge in [-0.25, -0.2) is 14.6 Å². The van der Waals surface area contributed by atoms with Crippen molar-refractivity contribution in [1.29, 1.82) is 0 Å². The van der Waals surface area contributed by atoms with Crippen molar-refractivity contribution in [3.63, 3.8) is 0 Å². The minimum Gasteiger partial charge on any atom is -0.497 e. The summed E-state index contributed by atoms with van der Waals surface area (Å²) in [6.45, 7) is 2.51. The summed E-state index contributed by atoms with van der Waals surface area (Å²) < 4.78 is 13.9. The Labute approximate surface area is 315 Å². The number of aryl methyl sites for hydroxylation is 1. The molecule has 1 unspecified atom stereocenters. The number of fused-ring (bicyclic) bond motifs is 1. The van der Waals surface area contributed by atoms with Gasteiger partial charge in [-0.05, 0) is 48.9 Å². The summed E-state index contributed by atoms with van der Waals surface area (Å²) in [4.78, 5) is 71.1. The number of rotatable bonds is 22. The zero-order chi connectivity index (χ0) is 38.3. The molecule has 13 heteroatoms. The normalized spacial score (nSPS) is 11.8. The Morgan fingerprint density at radius 2 is 1.36 bits per heavy atom. The highest BCUT2D eigenvalue weighted by molar-refractivity contribution is 6.34. The number of hydrogen-bond acceptors (Lipinski definition) is 8. The predicted molar refractivity (Wildman–Crippen MR) is 207 cm³/mol. The van der Waals surface area contributed by atoms with E-state index in [1.165, 1.54) is 128 Å². The largest absolute Gasteiger partial charge is 0.497 e. The van der Waals surface area contributed by atoms with Crippen LogP contribution in [0.3, 0.4) is 0 Å². The van der Waals surface area contributed by atoms with Crippen molar-refractivity contribution in [3.8, 4) is 5.75 Å². The fourth-order valence-electron chi connectivity index (χ4n) is 6.34. The van der Waals surface area contributed by atoms with Gasteiger partial charge in [-0.1, -0.05) is 102 Å². The van der Waals surface area contributed by atoms with E-state index >= 15 is 0 Å². The number of benzene rings is 2. The molecule has 2 heterocycles. The lowest BCUT2D eigenvalue weighted by Crippen LogP contribution is -2.39. The van der Waals surface area contributed by atoms with Gasteiger partial charge in [-0.15, -0.1) is 0 Å². The standard InChI is InChI=1S/C40H52ClN5O7/c1-5-6-7-8-9-10-11-12-13-14-15-16-17-18-25-53-39(50)29-21-24-31(41)32(26-29)43-37(48)33(35(47)28-19-22-30(52-4)23-20-28)46-27-42-36-34(46)38(49)45(3)40(51)44(36)2/h19-24,26-27,33H,5-18,25H2,1-4H3,(H,43,48). The highest BCUT2D eigenvalue weighted by Crippen LogP contribution is 2.27. The molecule has 1 atom stereocenters. The maximum Gasteiger partial charge on any atom is 0.338 e. The molecule has 0 aliphatic rings. The summed E-state index contributed by atoms with van der Waals surface area (Å²) in [6.07, 6.45) is 18.4. The van der Waals surface area contributed by atoms with Crippen LogP contribution in [0.1, 0.15) is 124 Å². The van der Waals surface area contributed by atoms with Crippen molar-refractivity contribution in [2.24, 2.45) is 14.1 Å². The van der Waals surface area contributed by atoms with Crippen LogP contribution in [0.4, 0.5) is 5.69 Å². The zero-order valence-corrected chi connectivity index (χ0v) is 32.1. The van der Waals surface area contributed by atoms with Gasteiger partial charge in [0.05, 0.1) is 36.3 Å². The quantitative estimate of drug-likeness (QED) is 0.0371. The first-order chi connectivity index (χ1) is 25.6. The number of methoxy groups -OCH3 is 1. The van der Waals surface area contributed by atoms with Crippen molar-refractivity contribution in [2.75, 3.05) is 19.0 Å². The van der Waals surface area contributed by atoms with E-state index in [9.17, 15) is 24.0 Å². The van der Waals surface area contributed by atoms with Gasteiger partial charge in [-0.3, -0.25) is 23.5 Å². The number of nitrogens with zero attached hydrogens (tertiary/aromatic N) is 4. The number of hydrogen-bond donors (Lipinski definition) is 1. The van der Waals surface area contributed by atoms with Crippen LogP contribution in [0.2, 0.25) is 5.02 Å². The summed E-state index contributed by atoms with van der Waals surface area (Å²) in [7, 11) is 4.22. The van der Waals surface area contributed by atoms with Crippen molar-refractivity contribution >= 4 is 46.1 Å². The van der Waals surface area contributed by atoms with Crippen LogP contribution in [0, 0.1) is 0 Å². The van der Waals surface area contributed by atoms with E-state index in [-0.39, 0.29) is 39.6 Å². The maximum absolute atomic E-state index is 14.0. The molecule has 2 aromatic heterocycles. The van der Waals surface area contributed by atoms with E-state index in [4.69, 9.17) is 21.1 Å². The Kier molecular flexibility index (Phi) is 15.9. The van der Waals surface area contributed by atoms with Crippen LogP contribution in [0.5, 0.6) is 5.75 Å². The molecule has 286 valence electrons. The number of carbonyl (C=O) groups is 3. The van der Waals surface area contributed by atoms with Crippen molar-refractivity contribution in [2.45, 2.75) is 103 Å². The fraction of sp³-hybridized carbons (Fsp3) is 0.500. The number of halogens is 1. The third-order valence-electron chi connectivity index (χ3n) is 9.51. The minimum atomic E-state index is -1.65. The molecule has 1 amide bonds. The molecule has 0 bridgehead atoms. The maximum atomic E-state index is 14.0. The van der Waals surface area contributed by atoms with Crippen molar-refractivity contribution in [3.05, 3.63) is 85.8 Å². The second-order valence-electron chi connectivity index (χ2n) is 13.4. The fourth-order valence-corrected chi connectivity index (χ4v) is 6.50. The van der Waals surface area contributed by atoms with Crippen LogP contribution >= 0.6 is 11.6 Å². The Bertz CT molecular complexity index is 1960. The molecular weight excluding hydrogens is 698 g/mol. The predicted octanol–water partition coefficient (Wildman–Crippen LogP) is 7.80. The summed E-state index contributed by atoms with van der Waals surface area (Å²) >= 11 is 6.45. The highest BCUT2D eigenvalue weighted by Gasteiger charge is 2.33. The van der Waals surface area contributed by atoms with E-state index in [0.717, 1.165) is 33.0 Å². The highest BCUT2D eigenvalue weighted by atomic mass is 35.5. The average Bonchev–Trinajstić information content (AvgIpc) is 3.60. The lowest BCUT2D eigenvalue weighted by Gasteiger charge is -2.19. The second-order valence-corrected chi connectivity index (χ2v) is 13.8. The first-order valence-electron chi connectivity index (χ1n) is 18.7. The summed E-state index contributed by atoms with van der Waals surface area (Å²) in [5, 5.41) is 2.78. The van der Waals surface area contributed by atoms with E-state index in [2.05, 4.69) is 17.2 Å². The number of ether oxygens (including phenoxy) is 2. The number of imidazole rings is 1. The molecule has 0 aliphatic carbocycles. The molecule has 0 spiro atoms. The van der Waals surface area contributed by atoms with Gasteiger partial charge in [-0.2, -0.15) is 0 Å². The number of anilines is 1. The van der Waals surface area contributed by atoms with E-state index in [1.54, 1.807) is 12.1 Å². The Hall–Kier alpha value is -4.71. The molecule has 0 radical (unpaired) electrons. The zero-order valence-electron chi connectivity index (χ0n) is 31.3. The van der Waals surface area contributed by atoms with E-state index < -0.39 is 35.0 Å². The number of unbranched alkanes of at least 4 members (excludes halogenated alkanes) is 13. The molecule has 2 aromatic carbocycles. The van der Waals surface area contributed by atoms with Gasteiger partial charge in [0.15, 0.2) is 23.0 Å². The number of ketones is 1. The van der Waals surface area contributed by atoms with Crippen LogP contribution < -0.4 is 21.3 Å². The molecular formula is C40H52ClN5O7. The summed E-state index contributed by atoms with van der Waals surface area (Å²) in [5.74, 6) is -1.59. The number of amides is 1. The van der Waals surface area contributed by atoms with Gasteiger partial charge in [0.2, 0.25) is 0 Å². The van der Waals surface area contributed by atoms with Crippen LogP contribution in [-0.4, -0.2) is 50.1 Å². The summed E-state index contributed by atoms with van der Waals surface area (Å²) in [5.41, 5.74) is -1.08. The van der Waals surface area contributed by atoms with Crippen LogP contribution in [0.25, 0.3) is 11.2 Å². The van der Waals surface area contributed by atoms with E-state index in [1.807, 2.05) is 0 Å². The van der Waals surface area contributed by atoms with Crippen molar-refractivity contribution in [1.82, 2.24) is 18.7 Å². The van der Waals surface area contributed by atoms with Gasteiger partial charge in [0.1, 0.15) is 5.75 Å². The first kappa shape index (κ1) is 41.1. The van der Waals surface area contributed by atoms with Gasteiger partial charge >= 0.3 is 11.7 Å². The Morgan fingerprint density at radius 3 is 1.94 bits per heavy atom. The number of aromatic nitrogens is 4.